The van der Waals surface area contributed by atoms with Gasteiger partial charge in [-0.3, -0.25) is 13.9 Å². The van der Waals surface area contributed by atoms with Gasteiger partial charge in [-0.2, -0.15) is 15.1 Å². The molecule has 3 heterocycles. The van der Waals surface area contributed by atoms with Gasteiger partial charge >= 0.3 is 13.7 Å². The number of halogens is 2. The van der Waals surface area contributed by atoms with E-state index in [1.165, 1.54) is 30.0 Å². The van der Waals surface area contributed by atoms with Gasteiger partial charge in [0.2, 0.25) is 5.95 Å². The molecule has 200 valence electrons. The third-order valence-corrected chi connectivity index (χ3v) is 7.87. The number of imidazole rings is 1. The first-order valence-electron chi connectivity index (χ1n) is 10.8. The summed E-state index contributed by atoms with van der Waals surface area (Å²) in [6.07, 6.45) is -2.62. The minimum absolute atomic E-state index is 0.0515. The second-order valence-electron chi connectivity index (χ2n) is 8.04. The largest absolute Gasteiger partial charge is 0.480 e. The second kappa shape index (κ2) is 10.6. The molecule has 0 saturated carbocycles. The Labute approximate surface area is 220 Å². The Balaban J connectivity index is 1.58. The van der Waals surface area contributed by atoms with Gasteiger partial charge in [0.1, 0.15) is 24.0 Å². The molecule has 0 radical (unpaired) electrons. The number of rotatable bonds is 10. The second-order valence-corrected chi connectivity index (χ2v) is 11.2. The van der Waals surface area contributed by atoms with Crippen molar-refractivity contribution in [3.05, 3.63) is 36.7 Å². The van der Waals surface area contributed by atoms with E-state index in [0.717, 1.165) is 0 Å². The molecule has 5 atom stereocenters. The number of nitrogens with two attached hydrogens (primary N) is 1. The number of aliphatic hydroxyl groups excluding tert-OH is 1. The zero-order valence-corrected chi connectivity index (χ0v) is 21.9. The van der Waals surface area contributed by atoms with Crippen molar-refractivity contribution < 1.29 is 33.4 Å². The van der Waals surface area contributed by atoms with Gasteiger partial charge in [-0.1, -0.05) is 41.4 Å². The molecule has 0 spiro atoms. The van der Waals surface area contributed by atoms with E-state index in [4.69, 9.17) is 42.7 Å². The van der Waals surface area contributed by atoms with E-state index < -0.39 is 49.1 Å². The highest BCUT2D eigenvalue weighted by Crippen LogP contribution is 2.50. The van der Waals surface area contributed by atoms with Crippen molar-refractivity contribution in [3.8, 4) is 5.75 Å². The van der Waals surface area contributed by atoms with Gasteiger partial charge in [0, 0.05) is 7.05 Å². The minimum Gasteiger partial charge on any atom is -0.480 e. The van der Waals surface area contributed by atoms with Gasteiger partial charge in [0.25, 0.3) is 0 Å². The first kappa shape index (κ1) is 27.3. The predicted molar refractivity (Wildman–Crippen MR) is 134 cm³/mol. The lowest BCUT2D eigenvalue weighted by atomic mass is 10.2. The van der Waals surface area contributed by atoms with Gasteiger partial charge < -0.3 is 30.5 Å². The Morgan fingerprint density at radius 2 is 2.05 bits per heavy atom. The Kier molecular flexibility index (Phi) is 7.81. The summed E-state index contributed by atoms with van der Waals surface area (Å²) < 4.78 is 29.7. The van der Waals surface area contributed by atoms with Crippen LogP contribution in [-0.2, 0) is 18.6 Å². The first-order valence-corrected chi connectivity index (χ1v) is 13.1. The number of carbonyl (C=O) groups is 1. The number of nitrogens with one attached hydrogen (secondary N) is 2. The number of hydrogen-bond acceptors (Lipinski definition) is 11. The lowest BCUT2D eigenvalue weighted by Crippen LogP contribution is -2.39. The van der Waals surface area contributed by atoms with Gasteiger partial charge in [0.05, 0.1) is 12.9 Å². The molecule has 37 heavy (non-hydrogen) atoms. The van der Waals surface area contributed by atoms with Crippen LogP contribution in [0.3, 0.4) is 0 Å². The molecular weight excluding hydrogens is 552 g/mol. The molecule has 3 aromatic rings. The van der Waals surface area contributed by atoms with Crippen molar-refractivity contribution in [1.82, 2.24) is 24.6 Å². The molecule has 0 amide bonds. The van der Waals surface area contributed by atoms with Gasteiger partial charge in [-0.25, -0.2) is 9.55 Å². The number of hydrogen-bond donors (Lipinski definition) is 5. The summed E-state index contributed by atoms with van der Waals surface area (Å²) in [6, 6.07) is 6.72. The maximum absolute atomic E-state index is 13.4. The van der Waals surface area contributed by atoms with Crippen LogP contribution in [0.2, 0.25) is 0 Å². The quantitative estimate of drug-likeness (QED) is 0.174. The smallest absolute Gasteiger partial charge is 0.459 e. The monoisotopic (exact) mass is 575 g/mol. The summed E-state index contributed by atoms with van der Waals surface area (Å²) in [7, 11) is -2.65. The predicted octanol–water partition coefficient (Wildman–Crippen LogP) is 2.15. The molecule has 1 aliphatic heterocycles. The van der Waals surface area contributed by atoms with Crippen LogP contribution in [0.5, 0.6) is 5.75 Å². The minimum atomic E-state index is -4.28. The van der Waals surface area contributed by atoms with E-state index >= 15 is 0 Å². The number of carboxylic acids is 1. The normalized spacial score (nSPS) is 23.4. The number of aliphatic carboxylic acids is 1. The van der Waals surface area contributed by atoms with E-state index in [2.05, 4.69) is 25.4 Å². The molecule has 1 aliphatic rings. The van der Waals surface area contributed by atoms with Crippen molar-refractivity contribution in [3.63, 3.8) is 0 Å². The molecule has 1 saturated heterocycles. The number of nitrogens with zero attached hydrogens (tertiary/aromatic N) is 4. The van der Waals surface area contributed by atoms with Gasteiger partial charge in [0.15, 0.2) is 27.5 Å². The number of alkyl halides is 2. The molecule has 1 unspecified atom stereocenters. The van der Waals surface area contributed by atoms with Crippen LogP contribution < -0.4 is 20.7 Å². The topological polar surface area (TPSA) is 196 Å². The fourth-order valence-corrected chi connectivity index (χ4v) is 5.66. The molecule has 14 nitrogen and oxygen atoms in total. The Morgan fingerprint density at radius 1 is 1.35 bits per heavy atom. The molecular formula is C20H24Cl2N7O7P. The molecule has 6 N–H and O–H groups in total. The fraction of sp³-hybridized carbons (Fsp3) is 0.400. The van der Waals surface area contributed by atoms with Crippen LogP contribution in [0, 0.1) is 0 Å². The van der Waals surface area contributed by atoms with E-state index in [0.29, 0.717) is 11.3 Å². The number of fused-ring (bicyclic) bond motifs is 1. The van der Waals surface area contributed by atoms with Crippen LogP contribution in [0.1, 0.15) is 13.2 Å². The molecule has 0 bridgehead atoms. The van der Waals surface area contributed by atoms with E-state index in [1.807, 2.05) is 0 Å². The van der Waals surface area contributed by atoms with E-state index in [1.54, 1.807) is 25.2 Å². The Bertz CT molecular complexity index is 1330. The molecule has 17 heteroatoms. The van der Waals surface area contributed by atoms with Crippen molar-refractivity contribution in [2.75, 3.05) is 24.7 Å². The summed E-state index contributed by atoms with van der Waals surface area (Å²) in [6.45, 7) is 0.733. The average Bonchev–Trinajstić information content (AvgIpc) is 3.35. The van der Waals surface area contributed by atoms with Crippen molar-refractivity contribution in [2.45, 2.75) is 35.7 Å². The summed E-state index contributed by atoms with van der Waals surface area (Å²) >= 11 is 13.0. The van der Waals surface area contributed by atoms with Crippen LogP contribution >= 0.6 is 30.9 Å². The molecule has 1 fully saturated rings. The highest BCUT2D eigenvalue weighted by atomic mass is 35.5. The van der Waals surface area contributed by atoms with Crippen molar-refractivity contribution in [2.24, 2.45) is 0 Å². The first-order chi connectivity index (χ1) is 17.4. The van der Waals surface area contributed by atoms with Crippen LogP contribution in [-0.4, -0.2) is 71.9 Å². The number of ether oxygens (including phenoxy) is 1. The average molecular weight is 576 g/mol. The number of aliphatic hydroxyl groups is 1. The summed E-state index contributed by atoms with van der Waals surface area (Å²) in [5.74, 6) is -0.822. The summed E-state index contributed by atoms with van der Waals surface area (Å²) in [5.41, 5.74) is 6.38. The number of carboxylic acid groups (broad SMARTS) is 1. The molecule has 2 aromatic heterocycles. The lowest BCUT2D eigenvalue weighted by molar-refractivity contribution is -0.138. The zero-order valence-electron chi connectivity index (χ0n) is 19.5. The number of benzene rings is 1. The van der Waals surface area contributed by atoms with E-state index in [9.17, 15) is 19.6 Å². The molecule has 0 aliphatic carbocycles. The molecule has 4 rings (SSSR count). The standard InChI is InChI=1S/C20H24Cl2N7O7P/c1-10(17(31)32)28-37(33,36-11-6-4-3-5-7-11)34-8-12-14(30)20(21,22)18(35-12)29-9-25-13-15(24-2)26-19(23)27-16(13)29/h3-7,9-10,12,14,18,30H,8H2,1-2H3,(H,28,33)(H,31,32)(H3,23,24,26,27)/t10?,12-,14-,18-,37+/m1/s1. The SMILES string of the molecule is CNc1nc(N)nc2c1ncn2[C@@H]1O[C@H](CO[P@@](=O)(NC(C)C(=O)O)Oc2ccccc2)[C@@H](O)C1(Cl)Cl. The highest BCUT2D eigenvalue weighted by molar-refractivity contribution is 7.52. The van der Waals surface area contributed by atoms with Gasteiger partial charge in [-0.15, -0.1) is 0 Å². The lowest BCUT2D eigenvalue weighted by Gasteiger charge is -2.24. The third kappa shape index (κ3) is 5.60. The Morgan fingerprint density at radius 3 is 2.70 bits per heavy atom. The van der Waals surface area contributed by atoms with E-state index in [-0.39, 0.29) is 17.3 Å². The van der Waals surface area contributed by atoms with Crippen LogP contribution in [0.15, 0.2) is 36.7 Å². The van der Waals surface area contributed by atoms with Crippen LogP contribution in [0.25, 0.3) is 11.2 Å². The Hall–Kier alpha value is -2.71. The summed E-state index contributed by atoms with van der Waals surface area (Å²) in [4.78, 5) is 23.8. The summed E-state index contributed by atoms with van der Waals surface area (Å²) in [5, 5.41) is 25.3. The number of para-hydroxylation sites is 1. The van der Waals surface area contributed by atoms with Crippen molar-refractivity contribution in [1.29, 1.82) is 0 Å². The zero-order chi connectivity index (χ0) is 27.0. The number of anilines is 2. The maximum atomic E-state index is 13.4. The van der Waals surface area contributed by atoms with Crippen LogP contribution in [0.4, 0.5) is 11.8 Å². The highest BCUT2D eigenvalue weighted by Gasteiger charge is 2.56. The number of nitrogen functional groups attached to an aromatic ring is 1. The maximum Gasteiger partial charge on any atom is 0.459 e. The third-order valence-electron chi connectivity index (χ3n) is 5.41. The van der Waals surface area contributed by atoms with Crippen molar-refractivity contribution >= 4 is 59.8 Å². The van der Waals surface area contributed by atoms with Gasteiger partial charge in [-0.05, 0) is 19.1 Å². The molecule has 1 aromatic carbocycles. The fourth-order valence-electron chi connectivity index (χ4n) is 3.56. The number of aromatic nitrogens is 4.